The topological polar surface area (TPSA) is 0 Å². The van der Waals surface area contributed by atoms with Crippen molar-refractivity contribution in [3.63, 3.8) is 0 Å². The summed E-state index contributed by atoms with van der Waals surface area (Å²) in [5.74, 6) is -0.655. The molecule has 0 heterocycles. The third-order valence-electron chi connectivity index (χ3n) is 3.22. The van der Waals surface area contributed by atoms with Crippen LogP contribution in [0.2, 0.25) is 0 Å². The van der Waals surface area contributed by atoms with Crippen molar-refractivity contribution >= 4 is 0 Å². The fourth-order valence-electron chi connectivity index (χ4n) is 2.66. The lowest BCUT2D eigenvalue weighted by molar-refractivity contribution is -0.157. The Morgan fingerprint density at radius 1 is 1.18 bits per heavy atom. The molecule has 0 aliphatic heterocycles. The molecule has 2 saturated carbocycles. The Labute approximate surface area is 63.8 Å². The Morgan fingerprint density at radius 3 is 2.09 bits per heavy atom. The maximum atomic E-state index is 12.1. The second-order valence-corrected chi connectivity index (χ2v) is 3.86. The molecule has 0 aromatic carbocycles. The van der Waals surface area contributed by atoms with E-state index < -0.39 is 12.1 Å². The van der Waals surface area contributed by atoms with E-state index in [1.165, 1.54) is 0 Å². The number of halogens is 3. The Balaban J connectivity index is 2.04. The highest BCUT2D eigenvalue weighted by molar-refractivity contribution is 5.07. The summed E-state index contributed by atoms with van der Waals surface area (Å²) in [7, 11) is 0. The lowest BCUT2D eigenvalue weighted by Crippen LogP contribution is -2.16. The molecule has 0 aromatic rings. The van der Waals surface area contributed by atoms with Crippen molar-refractivity contribution in [3.8, 4) is 0 Å². The number of fused-ring (bicyclic) bond motifs is 1. The van der Waals surface area contributed by atoms with Crippen molar-refractivity contribution in [2.45, 2.75) is 25.9 Å². The second-order valence-electron chi connectivity index (χ2n) is 3.86. The Kier molecular flexibility index (Phi) is 1.31. The summed E-state index contributed by atoms with van der Waals surface area (Å²) in [6.07, 6.45) is -2.11. The number of alkyl halides is 3. The zero-order chi connectivity index (χ0) is 8.22. The maximum absolute atomic E-state index is 12.1. The molecule has 4 unspecified atom stereocenters. The minimum Gasteiger partial charge on any atom is -0.171 e. The SMILES string of the molecule is CC1CCC2C1C2C(F)(F)F. The van der Waals surface area contributed by atoms with Crippen molar-refractivity contribution in [2.75, 3.05) is 0 Å². The van der Waals surface area contributed by atoms with Gasteiger partial charge >= 0.3 is 6.18 Å². The summed E-state index contributed by atoms with van der Waals surface area (Å²) in [5.41, 5.74) is 0. The summed E-state index contributed by atoms with van der Waals surface area (Å²) in [5, 5.41) is 0. The second kappa shape index (κ2) is 1.93. The highest BCUT2D eigenvalue weighted by Crippen LogP contribution is 2.65. The molecule has 0 saturated heterocycles. The van der Waals surface area contributed by atoms with E-state index in [0.717, 1.165) is 12.8 Å². The number of hydrogen-bond donors (Lipinski definition) is 0. The molecular formula is C8H11F3. The van der Waals surface area contributed by atoms with Crippen LogP contribution < -0.4 is 0 Å². The molecule has 0 nitrogen and oxygen atoms in total. The summed E-state index contributed by atoms with van der Waals surface area (Å²) >= 11 is 0. The minimum atomic E-state index is -3.91. The molecule has 0 aromatic heterocycles. The predicted octanol–water partition coefficient (Wildman–Crippen LogP) is 2.84. The largest absolute Gasteiger partial charge is 0.392 e. The highest BCUT2D eigenvalue weighted by Gasteiger charge is 2.67. The molecule has 2 aliphatic carbocycles. The monoisotopic (exact) mass is 164 g/mol. The van der Waals surface area contributed by atoms with Crippen molar-refractivity contribution in [3.05, 3.63) is 0 Å². The summed E-state index contributed by atoms with van der Waals surface area (Å²) in [4.78, 5) is 0. The summed E-state index contributed by atoms with van der Waals surface area (Å²) in [6.45, 7) is 1.94. The van der Waals surface area contributed by atoms with E-state index in [9.17, 15) is 13.2 Å². The molecule has 2 rings (SSSR count). The fraction of sp³-hybridized carbons (Fsp3) is 1.00. The van der Waals surface area contributed by atoms with E-state index in [1.54, 1.807) is 0 Å². The average Bonchev–Trinajstić information content (AvgIpc) is 2.47. The van der Waals surface area contributed by atoms with Crippen molar-refractivity contribution in [1.29, 1.82) is 0 Å². The first-order valence-corrected chi connectivity index (χ1v) is 4.08. The quantitative estimate of drug-likeness (QED) is 0.516. The number of rotatable bonds is 0. The van der Waals surface area contributed by atoms with E-state index in [2.05, 4.69) is 0 Å². The molecule has 0 spiro atoms. The van der Waals surface area contributed by atoms with Gasteiger partial charge in [0.1, 0.15) is 0 Å². The lowest BCUT2D eigenvalue weighted by Gasteiger charge is -2.10. The molecule has 0 radical (unpaired) electrons. The van der Waals surface area contributed by atoms with Gasteiger partial charge in [-0.3, -0.25) is 0 Å². The van der Waals surface area contributed by atoms with Gasteiger partial charge in [-0.15, -0.1) is 0 Å². The fourth-order valence-corrected chi connectivity index (χ4v) is 2.66. The van der Waals surface area contributed by atoms with Crippen LogP contribution in [0.4, 0.5) is 13.2 Å². The van der Waals surface area contributed by atoms with Gasteiger partial charge in [0.15, 0.2) is 0 Å². The summed E-state index contributed by atoms with van der Waals surface area (Å²) < 4.78 is 36.4. The van der Waals surface area contributed by atoms with Crippen LogP contribution in [-0.4, -0.2) is 6.18 Å². The van der Waals surface area contributed by atoms with Gasteiger partial charge < -0.3 is 0 Å². The van der Waals surface area contributed by atoms with E-state index in [0.29, 0.717) is 5.92 Å². The standard InChI is InChI=1S/C8H11F3/c1-4-2-3-5-6(4)7(5)8(9,10)11/h4-7H,2-3H2,1H3. The third kappa shape index (κ3) is 0.967. The van der Waals surface area contributed by atoms with E-state index in [-0.39, 0.29) is 11.8 Å². The minimum absolute atomic E-state index is 0.00926. The van der Waals surface area contributed by atoms with Crippen molar-refractivity contribution in [2.24, 2.45) is 23.7 Å². The predicted molar refractivity (Wildman–Crippen MR) is 34.9 cm³/mol. The van der Waals surface area contributed by atoms with Crippen LogP contribution in [0.1, 0.15) is 19.8 Å². The lowest BCUT2D eigenvalue weighted by atomic mass is 10.0. The molecule has 64 valence electrons. The highest BCUT2D eigenvalue weighted by atomic mass is 19.4. The van der Waals surface area contributed by atoms with Gasteiger partial charge in [-0.1, -0.05) is 13.3 Å². The van der Waals surface area contributed by atoms with Crippen LogP contribution in [-0.2, 0) is 0 Å². The molecule has 0 amide bonds. The van der Waals surface area contributed by atoms with Crippen molar-refractivity contribution in [1.82, 2.24) is 0 Å². The van der Waals surface area contributed by atoms with Crippen LogP contribution in [0.5, 0.6) is 0 Å². The van der Waals surface area contributed by atoms with Crippen molar-refractivity contribution < 1.29 is 13.2 Å². The van der Waals surface area contributed by atoms with Gasteiger partial charge in [-0.2, -0.15) is 13.2 Å². The molecule has 2 aliphatic rings. The molecule has 3 heteroatoms. The van der Waals surface area contributed by atoms with E-state index >= 15 is 0 Å². The zero-order valence-electron chi connectivity index (χ0n) is 6.36. The smallest absolute Gasteiger partial charge is 0.171 e. The molecule has 2 fully saturated rings. The van der Waals surface area contributed by atoms with Gasteiger partial charge in [0.05, 0.1) is 5.92 Å². The van der Waals surface area contributed by atoms with Crippen LogP contribution in [0, 0.1) is 23.7 Å². The Hall–Kier alpha value is -0.210. The van der Waals surface area contributed by atoms with Gasteiger partial charge in [0.2, 0.25) is 0 Å². The molecular weight excluding hydrogens is 153 g/mol. The van der Waals surface area contributed by atoms with E-state index in [1.807, 2.05) is 6.92 Å². The number of hydrogen-bond acceptors (Lipinski definition) is 0. The first-order valence-electron chi connectivity index (χ1n) is 4.08. The third-order valence-corrected chi connectivity index (χ3v) is 3.22. The summed E-state index contributed by atoms with van der Waals surface area (Å²) in [6, 6.07) is 0. The molecule has 11 heavy (non-hydrogen) atoms. The molecule has 0 N–H and O–H groups in total. The normalized spacial score (nSPS) is 49.1. The molecule has 0 bridgehead atoms. The van der Waals surface area contributed by atoms with Gasteiger partial charge in [0, 0.05) is 0 Å². The zero-order valence-corrected chi connectivity index (χ0v) is 6.36. The maximum Gasteiger partial charge on any atom is 0.392 e. The van der Waals surface area contributed by atoms with Crippen LogP contribution >= 0.6 is 0 Å². The van der Waals surface area contributed by atoms with Crippen LogP contribution in [0.25, 0.3) is 0 Å². The Bertz CT molecular complexity index is 173. The average molecular weight is 164 g/mol. The van der Waals surface area contributed by atoms with Crippen LogP contribution in [0.15, 0.2) is 0 Å². The van der Waals surface area contributed by atoms with E-state index in [4.69, 9.17) is 0 Å². The first-order chi connectivity index (χ1) is 5.02. The van der Waals surface area contributed by atoms with Gasteiger partial charge in [-0.25, -0.2) is 0 Å². The van der Waals surface area contributed by atoms with Crippen LogP contribution in [0.3, 0.4) is 0 Å². The molecule has 4 atom stereocenters. The Morgan fingerprint density at radius 2 is 1.82 bits per heavy atom. The first kappa shape index (κ1) is 7.44. The van der Waals surface area contributed by atoms with Gasteiger partial charge in [-0.05, 0) is 24.2 Å². The van der Waals surface area contributed by atoms with Gasteiger partial charge in [0.25, 0.3) is 0 Å².